The summed E-state index contributed by atoms with van der Waals surface area (Å²) in [6, 6.07) is 1.57. The lowest BCUT2D eigenvalue weighted by atomic mass is 10.3. The van der Waals surface area contributed by atoms with Crippen LogP contribution in [0, 0.1) is 6.92 Å². The molecule has 0 spiro atoms. The fraction of sp³-hybridized carbons (Fsp3) is 0.444. The summed E-state index contributed by atoms with van der Waals surface area (Å²) in [5, 5.41) is 8.04. The molecule has 6 heteroatoms. The summed E-state index contributed by atoms with van der Waals surface area (Å²) in [5.74, 6) is 0.666. The molecule has 1 unspecified atom stereocenters. The van der Waals surface area contributed by atoms with Gasteiger partial charge in [-0.3, -0.25) is 4.40 Å². The Bertz CT molecular complexity index is 466. The zero-order valence-electron chi connectivity index (χ0n) is 8.71. The molecule has 15 heavy (non-hydrogen) atoms. The van der Waals surface area contributed by atoms with E-state index >= 15 is 0 Å². The van der Waals surface area contributed by atoms with E-state index < -0.39 is 0 Å². The highest BCUT2D eigenvalue weighted by Crippen LogP contribution is 2.10. The molecule has 2 N–H and O–H groups in total. The van der Waals surface area contributed by atoms with Gasteiger partial charge in [0.15, 0.2) is 11.5 Å². The van der Waals surface area contributed by atoms with Crippen molar-refractivity contribution in [3.05, 3.63) is 23.9 Å². The number of methoxy groups -OCH3 is 1. The lowest BCUT2D eigenvalue weighted by molar-refractivity contribution is 0.178. The number of hydrogen-bond acceptors (Lipinski definition) is 5. The normalized spacial score (nSPS) is 13.3. The summed E-state index contributed by atoms with van der Waals surface area (Å²) in [4.78, 5) is 4.17. The van der Waals surface area contributed by atoms with E-state index in [2.05, 4.69) is 15.2 Å². The summed E-state index contributed by atoms with van der Waals surface area (Å²) >= 11 is 0. The van der Waals surface area contributed by atoms with Gasteiger partial charge in [0.25, 0.3) is 0 Å². The van der Waals surface area contributed by atoms with Gasteiger partial charge in [0.05, 0.1) is 12.6 Å². The molecule has 80 valence electrons. The fourth-order valence-corrected chi connectivity index (χ4v) is 1.41. The van der Waals surface area contributed by atoms with Crippen molar-refractivity contribution in [1.82, 2.24) is 19.6 Å². The molecule has 2 aromatic heterocycles. The first-order valence-corrected chi connectivity index (χ1v) is 4.64. The van der Waals surface area contributed by atoms with Gasteiger partial charge in [0.1, 0.15) is 6.33 Å². The van der Waals surface area contributed by atoms with Crippen molar-refractivity contribution in [2.45, 2.75) is 13.0 Å². The Morgan fingerprint density at radius 2 is 2.33 bits per heavy atom. The molecular formula is C9H13N5O. The lowest BCUT2D eigenvalue weighted by Crippen LogP contribution is -2.19. The number of ether oxygens (including phenoxy) is 1. The summed E-state index contributed by atoms with van der Waals surface area (Å²) in [5.41, 5.74) is 7.54. The molecule has 2 aromatic rings. The summed E-state index contributed by atoms with van der Waals surface area (Å²) in [6.07, 6.45) is 1.68. The fourth-order valence-electron chi connectivity index (χ4n) is 1.41. The third-order valence-corrected chi connectivity index (χ3v) is 2.14. The molecule has 0 amide bonds. The monoisotopic (exact) mass is 207 g/mol. The lowest BCUT2D eigenvalue weighted by Gasteiger charge is -2.07. The van der Waals surface area contributed by atoms with Crippen LogP contribution in [0.2, 0.25) is 0 Å². The molecule has 0 aliphatic heterocycles. The van der Waals surface area contributed by atoms with Crippen LogP contribution in [-0.4, -0.2) is 33.3 Å². The Balaban J connectivity index is 2.44. The van der Waals surface area contributed by atoms with Gasteiger partial charge >= 0.3 is 0 Å². The van der Waals surface area contributed by atoms with Crippen LogP contribution >= 0.6 is 0 Å². The zero-order valence-corrected chi connectivity index (χ0v) is 8.71. The van der Waals surface area contributed by atoms with Crippen LogP contribution in [0.4, 0.5) is 0 Å². The largest absolute Gasteiger partial charge is 0.383 e. The summed E-state index contributed by atoms with van der Waals surface area (Å²) in [7, 11) is 1.60. The van der Waals surface area contributed by atoms with E-state index in [9.17, 15) is 0 Å². The van der Waals surface area contributed by atoms with E-state index in [1.54, 1.807) is 17.8 Å². The smallest absolute Gasteiger partial charge is 0.163 e. The van der Waals surface area contributed by atoms with Crippen molar-refractivity contribution in [2.24, 2.45) is 5.73 Å². The average Bonchev–Trinajstić information content (AvgIpc) is 2.60. The van der Waals surface area contributed by atoms with Crippen molar-refractivity contribution < 1.29 is 4.74 Å². The van der Waals surface area contributed by atoms with Gasteiger partial charge in [-0.1, -0.05) is 0 Å². The molecule has 6 nitrogen and oxygen atoms in total. The van der Waals surface area contributed by atoms with Gasteiger partial charge < -0.3 is 10.5 Å². The SMILES string of the molecule is COCC(N)c1nnc2cc(C)ncn12. The molecular weight excluding hydrogens is 194 g/mol. The van der Waals surface area contributed by atoms with E-state index in [-0.39, 0.29) is 6.04 Å². The maximum Gasteiger partial charge on any atom is 0.163 e. The third kappa shape index (κ3) is 1.81. The second-order valence-electron chi connectivity index (χ2n) is 3.38. The van der Waals surface area contributed by atoms with E-state index in [1.165, 1.54) is 0 Å². The van der Waals surface area contributed by atoms with Gasteiger partial charge in [-0.25, -0.2) is 4.98 Å². The average molecular weight is 207 g/mol. The van der Waals surface area contributed by atoms with Gasteiger partial charge in [0.2, 0.25) is 0 Å². The number of rotatable bonds is 3. The minimum atomic E-state index is -0.283. The van der Waals surface area contributed by atoms with Crippen LogP contribution in [0.1, 0.15) is 17.6 Å². The van der Waals surface area contributed by atoms with E-state index in [1.807, 2.05) is 13.0 Å². The minimum absolute atomic E-state index is 0.283. The van der Waals surface area contributed by atoms with E-state index in [0.29, 0.717) is 12.4 Å². The zero-order chi connectivity index (χ0) is 10.8. The Morgan fingerprint density at radius 3 is 3.07 bits per heavy atom. The first-order chi connectivity index (χ1) is 7.22. The highest BCUT2D eigenvalue weighted by molar-refractivity contribution is 5.38. The van der Waals surface area contributed by atoms with Gasteiger partial charge in [0, 0.05) is 18.9 Å². The van der Waals surface area contributed by atoms with Crippen molar-refractivity contribution in [1.29, 1.82) is 0 Å². The topological polar surface area (TPSA) is 78.3 Å². The van der Waals surface area contributed by atoms with Crippen LogP contribution in [0.15, 0.2) is 12.4 Å². The predicted octanol–water partition coefficient (Wildman–Crippen LogP) is 0.0789. The predicted molar refractivity (Wildman–Crippen MR) is 54.3 cm³/mol. The maximum atomic E-state index is 5.88. The standard InChI is InChI=1S/C9H13N5O/c1-6-3-8-12-13-9(7(10)4-15-2)14(8)5-11-6/h3,5,7H,4,10H2,1-2H3. The number of aromatic nitrogens is 4. The number of hydrogen-bond donors (Lipinski definition) is 1. The molecule has 1 atom stereocenters. The Morgan fingerprint density at radius 1 is 1.53 bits per heavy atom. The number of nitrogens with two attached hydrogens (primary N) is 1. The van der Waals surface area contributed by atoms with Crippen molar-refractivity contribution in [3.63, 3.8) is 0 Å². The Labute approximate surface area is 87.1 Å². The molecule has 0 aliphatic carbocycles. The molecule has 0 fully saturated rings. The molecule has 0 aliphatic rings. The number of fused-ring (bicyclic) bond motifs is 1. The van der Waals surface area contributed by atoms with E-state index in [4.69, 9.17) is 10.5 Å². The summed E-state index contributed by atoms with van der Waals surface area (Å²) in [6.45, 7) is 2.32. The molecule has 2 rings (SSSR count). The van der Waals surface area contributed by atoms with Crippen molar-refractivity contribution >= 4 is 5.65 Å². The second-order valence-corrected chi connectivity index (χ2v) is 3.38. The number of aryl methyl sites for hydroxylation is 1. The van der Waals surface area contributed by atoms with Gasteiger partial charge in [-0.15, -0.1) is 10.2 Å². The second kappa shape index (κ2) is 3.92. The summed E-state index contributed by atoms with van der Waals surface area (Å²) < 4.78 is 6.75. The molecule has 2 heterocycles. The molecule has 0 bridgehead atoms. The quantitative estimate of drug-likeness (QED) is 0.771. The maximum absolute atomic E-state index is 5.88. The van der Waals surface area contributed by atoms with Crippen LogP contribution in [-0.2, 0) is 4.74 Å². The highest BCUT2D eigenvalue weighted by Gasteiger charge is 2.13. The van der Waals surface area contributed by atoms with Gasteiger partial charge in [-0.05, 0) is 6.92 Å². The van der Waals surface area contributed by atoms with Gasteiger partial charge in [-0.2, -0.15) is 0 Å². The first kappa shape index (κ1) is 10.0. The molecule has 0 saturated heterocycles. The molecule has 0 saturated carbocycles. The Kier molecular flexibility index (Phi) is 2.61. The van der Waals surface area contributed by atoms with Crippen LogP contribution in [0.5, 0.6) is 0 Å². The third-order valence-electron chi connectivity index (χ3n) is 2.14. The van der Waals surface area contributed by atoms with Crippen LogP contribution < -0.4 is 5.73 Å². The van der Waals surface area contributed by atoms with E-state index in [0.717, 1.165) is 11.3 Å². The molecule has 0 radical (unpaired) electrons. The minimum Gasteiger partial charge on any atom is -0.383 e. The van der Waals surface area contributed by atoms with Crippen LogP contribution in [0.3, 0.4) is 0 Å². The molecule has 0 aromatic carbocycles. The van der Waals surface area contributed by atoms with Crippen LogP contribution in [0.25, 0.3) is 5.65 Å². The van der Waals surface area contributed by atoms with Crippen molar-refractivity contribution in [2.75, 3.05) is 13.7 Å². The van der Waals surface area contributed by atoms with Crippen molar-refractivity contribution in [3.8, 4) is 0 Å². The highest BCUT2D eigenvalue weighted by atomic mass is 16.5. The Hall–Kier alpha value is -1.53. The first-order valence-electron chi connectivity index (χ1n) is 4.64. The number of nitrogens with zero attached hydrogens (tertiary/aromatic N) is 4.